The fourth-order valence-corrected chi connectivity index (χ4v) is 3.78. The minimum absolute atomic E-state index is 0.375. The van der Waals surface area contributed by atoms with Crippen LogP contribution in [-0.2, 0) is 0 Å². The van der Waals surface area contributed by atoms with E-state index in [0.717, 1.165) is 11.8 Å². The molecular formula is C18H30N2. The molecule has 0 spiro atoms. The van der Waals surface area contributed by atoms with Crippen LogP contribution in [0.5, 0.6) is 0 Å². The number of aryl methyl sites for hydroxylation is 3. The molecule has 1 aromatic rings. The highest BCUT2D eigenvalue weighted by atomic mass is 15.2. The maximum atomic E-state index is 6.14. The zero-order chi connectivity index (χ0) is 14.9. The standard InChI is InChI=1S/C18H30N2/c1-12-6-13(2)11-20(10-12)18(9-19)17-8-15(4)14(3)7-16(17)5/h7-8,12-13,18H,6,9-11,19H2,1-5H3. The molecule has 1 saturated heterocycles. The van der Waals surface area contributed by atoms with Crippen molar-refractivity contribution < 1.29 is 0 Å². The molecule has 0 amide bonds. The molecule has 3 unspecified atom stereocenters. The summed E-state index contributed by atoms with van der Waals surface area (Å²) in [7, 11) is 0. The quantitative estimate of drug-likeness (QED) is 0.912. The lowest BCUT2D eigenvalue weighted by molar-refractivity contribution is 0.0981. The van der Waals surface area contributed by atoms with Gasteiger partial charge in [0.25, 0.3) is 0 Å². The van der Waals surface area contributed by atoms with Gasteiger partial charge in [0, 0.05) is 25.7 Å². The summed E-state index contributed by atoms with van der Waals surface area (Å²) in [5.74, 6) is 1.55. The van der Waals surface area contributed by atoms with Crippen molar-refractivity contribution in [3.8, 4) is 0 Å². The number of likely N-dealkylation sites (tertiary alicyclic amines) is 1. The molecular weight excluding hydrogens is 244 g/mol. The van der Waals surface area contributed by atoms with Crippen LogP contribution in [0.15, 0.2) is 12.1 Å². The van der Waals surface area contributed by atoms with E-state index in [1.165, 1.54) is 41.8 Å². The Balaban J connectivity index is 2.30. The van der Waals surface area contributed by atoms with E-state index in [9.17, 15) is 0 Å². The average Bonchev–Trinajstić information content (AvgIpc) is 2.35. The second-order valence-electron chi connectivity index (χ2n) is 6.94. The molecule has 20 heavy (non-hydrogen) atoms. The predicted octanol–water partition coefficient (Wildman–Crippen LogP) is 3.59. The first-order chi connectivity index (χ1) is 9.42. The summed E-state index contributed by atoms with van der Waals surface area (Å²) in [5.41, 5.74) is 11.7. The number of hydrogen-bond acceptors (Lipinski definition) is 2. The maximum Gasteiger partial charge on any atom is 0.0473 e. The minimum Gasteiger partial charge on any atom is -0.329 e. The molecule has 2 N–H and O–H groups in total. The second-order valence-corrected chi connectivity index (χ2v) is 6.94. The van der Waals surface area contributed by atoms with Crippen molar-refractivity contribution in [3.63, 3.8) is 0 Å². The lowest BCUT2D eigenvalue weighted by atomic mass is 9.88. The third-order valence-corrected chi connectivity index (χ3v) is 4.80. The molecule has 2 rings (SSSR count). The fraction of sp³-hybridized carbons (Fsp3) is 0.667. The van der Waals surface area contributed by atoms with Crippen molar-refractivity contribution in [3.05, 3.63) is 34.4 Å². The van der Waals surface area contributed by atoms with Gasteiger partial charge in [-0.1, -0.05) is 26.0 Å². The average molecular weight is 274 g/mol. The van der Waals surface area contributed by atoms with E-state index in [1.807, 2.05) is 0 Å². The minimum atomic E-state index is 0.375. The smallest absolute Gasteiger partial charge is 0.0473 e. The number of rotatable bonds is 3. The van der Waals surface area contributed by atoms with Gasteiger partial charge >= 0.3 is 0 Å². The first-order valence-corrected chi connectivity index (χ1v) is 7.94. The molecule has 2 nitrogen and oxygen atoms in total. The van der Waals surface area contributed by atoms with Gasteiger partial charge in [0.1, 0.15) is 0 Å². The Hall–Kier alpha value is -0.860. The van der Waals surface area contributed by atoms with Crippen LogP contribution >= 0.6 is 0 Å². The zero-order valence-electron chi connectivity index (χ0n) is 13.7. The van der Waals surface area contributed by atoms with Gasteiger partial charge in [-0.15, -0.1) is 0 Å². The van der Waals surface area contributed by atoms with Crippen LogP contribution in [0.1, 0.15) is 48.6 Å². The summed E-state index contributed by atoms with van der Waals surface area (Å²) in [5, 5.41) is 0. The Bertz CT molecular complexity index is 457. The topological polar surface area (TPSA) is 29.3 Å². The molecule has 0 radical (unpaired) electrons. The molecule has 2 heteroatoms. The van der Waals surface area contributed by atoms with Crippen molar-refractivity contribution in [1.82, 2.24) is 4.90 Å². The highest BCUT2D eigenvalue weighted by Gasteiger charge is 2.28. The molecule has 3 atom stereocenters. The molecule has 1 aliphatic heterocycles. The number of piperidine rings is 1. The second kappa shape index (κ2) is 6.28. The molecule has 0 aliphatic carbocycles. The summed E-state index contributed by atoms with van der Waals surface area (Å²) in [6.07, 6.45) is 1.35. The Labute approximate surface area is 124 Å². The van der Waals surface area contributed by atoms with Crippen LogP contribution in [0.4, 0.5) is 0 Å². The number of nitrogens with zero attached hydrogens (tertiary/aromatic N) is 1. The number of benzene rings is 1. The van der Waals surface area contributed by atoms with Gasteiger partial charge in [0.2, 0.25) is 0 Å². The van der Waals surface area contributed by atoms with Crippen LogP contribution in [0.25, 0.3) is 0 Å². The van der Waals surface area contributed by atoms with Gasteiger partial charge in [-0.3, -0.25) is 4.90 Å². The third kappa shape index (κ3) is 3.24. The normalized spacial score (nSPS) is 25.7. The lowest BCUT2D eigenvalue weighted by Gasteiger charge is -2.40. The first-order valence-electron chi connectivity index (χ1n) is 7.94. The molecule has 1 heterocycles. The van der Waals surface area contributed by atoms with Crippen LogP contribution in [0.2, 0.25) is 0 Å². The largest absolute Gasteiger partial charge is 0.329 e. The highest BCUT2D eigenvalue weighted by molar-refractivity contribution is 5.38. The van der Waals surface area contributed by atoms with E-state index < -0.39 is 0 Å². The van der Waals surface area contributed by atoms with E-state index in [1.54, 1.807) is 0 Å². The van der Waals surface area contributed by atoms with Crippen molar-refractivity contribution in [1.29, 1.82) is 0 Å². The Morgan fingerprint density at radius 3 is 2.15 bits per heavy atom. The van der Waals surface area contributed by atoms with Crippen molar-refractivity contribution >= 4 is 0 Å². The molecule has 0 aromatic heterocycles. The SMILES string of the molecule is Cc1cc(C)c(C(CN)N2CC(C)CC(C)C2)cc1C. The first kappa shape index (κ1) is 15.5. The molecule has 1 aromatic carbocycles. The van der Waals surface area contributed by atoms with Crippen LogP contribution in [0, 0.1) is 32.6 Å². The number of nitrogens with two attached hydrogens (primary N) is 1. The van der Waals surface area contributed by atoms with E-state index in [-0.39, 0.29) is 0 Å². The molecule has 0 bridgehead atoms. The summed E-state index contributed by atoms with van der Waals surface area (Å²) in [6, 6.07) is 5.04. The Kier molecular flexibility index (Phi) is 4.87. The van der Waals surface area contributed by atoms with Crippen LogP contribution < -0.4 is 5.73 Å². The molecule has 1 aliphatic rings. The van der Waals surface area contributed by atoms with Gasteiger partial charge in [0.15, 0.2) is 0 Å². The van der Waals surface area contributed by atoms with E-state index in [0.29, 0.717) is 12.6 Å². The summed E-state index contributed by atoms with van der Waals surface area (Å²) < 4.78 is 0. The van der Waals surface area contributed by atoms with E-state index in [2.05, 4.69) is 51.7 Å². The Morgan fingerprint density at radius 1 is 1.05 bits per heavy atom. The van der Waals surface area contributed by atoms with Gasteiger partial charge in [-0.25, -0.2) is 0 Å². The van der Waals surface area contributed by atoms with Crippen LogP contribution in [0.3, 0.4) is 0 Å². The molecule has 112 valence electrons. The molecule has 0 saturated carbocycles. The monoisotopic (exact) mass is 274 g/mol. The van der Waals surface area contributed by atoms with E-state index in [4.69, 9.17) is 5.73 Å². The summed E-state index contributed by atoms with van der Waals surface area (Å²) >= 11 is 0. The Morgan fingerprint density at radius 2 is 1.60 bits per heavy atom. The van der Waals surface area contributed by atoms with E-state index >= 15 is 0 Å². The van der Waals surface area contributed by atoms with Gasteiger partial charge in [-0.05, 0) is 61.3 Å². The third-order valence-electron chi connectivity index (χ3n) is 4.80. The zero-order valence-corrected chi connectivity index (χ0v) is 13.7. The summed E-state index contributed by atoms with van der Waals surface area (Å²) in [6.45, 7) is 14.4. The van der Waals surface area contributed by atoms with Gasteiger partial charge < -0.3 is 5.73 Å². The number of hydrogen-bond donors (Lipinski definition) is 1. The lowest BCUT2D eigenvalue weighted by Crippen LogP contribution is -2.43. The van der Waals surface area contributed by atoms with Crippen molar-refractivity contribution in [2.24, 2.45) is 17.6 Å². The maximum absolute atomic E-state index is 6.14. The van der Waals surface area contributed by atoms with Crippen LogP contribution in [-0.4, -0.2) is 24.5 Å². The predicted molar refractivity (Wildman–Crippen MR) is 87.0 cm³/mol. The van der Waals surface area contributed by atoms with Gasteiger partial charge in [0.05, 0.1) is 0 Å². The summed E-state index contributed by atoms with van der Waals surface area (Å²) in [4.78, 5) is 2.61. The highest BCUT2D eigenvalue weighted by Crippen LogP contribution is 2.31. The van der Waals surface area contributed by atoms with Gasteiger partial charge in [-0.2, -0.15) is 0 Å². The van der Waals surface area contributed by atoms with Crippen molar-refractivity contribution in [2.75, 3.05) is 19.6 Å². The van der Waals surface area contributed by atoms with Crippen molar-refractivity contribution in [2.45, 2.75) is 47.1 Å². The fourth-order valence-electron chi connectivity index (χ4n) is 3.78. The molecule has 1 fully saturated rings.